The summed E-state index contributed by atoms with van der Waals surface area (Å²) in [5, 5.41) is 21.2. The average molecular weight is 200 g/mol. The summed E-state index contributed by atoms with van der Waals surface area (Å²) < 4.78 is 0. The van der Waals surface area contributed by atoms with Crippen molar-refractivity contribution in [1.29, 1.82) is 5.39 Å². The van der Waals surface area contributed by atoms with E-state index in [1.54, 1.807) is 0 Å². The van der Waals surface area contributed by atoms with Crippen molar-refractivity contribution >= 4 is 23.0 Å². The number of halogens is 1. The van der Waals surface area contributed by atoms with Crippen LogP contribution >= 0.6 is 11.6 Å². The maximum absolute atomic E-state index is 10.3. The van der Waals surface area contributed by atoms with Crippen LogP contribution in [0.3, 0.4) is 0 Å². The van der Waals surface area contributed by atoms with Crippen molar-refractivity contribution < 1.29 is 4.92 Å². The standard InChI is InChI=1S/C6H4ClN4O2/c7-5-3-4(11(12)13)1-2-6(5)9-10-8/h1-3,9H/q+1. The Morgan fingerprint density at radius 1 is 1.62 bits per heavy atom. The molecule has 1 rings (SSSR count). The third-order valence-electron chi connectivity index (χ3n) is 1.33. The molecule has 1 N–H and O–H groups in total. The smallest absolute Gasteiger partial charge is 0.258 e. The van der Waals surface area contributed by atoms with Crippen LogP contribution in [0.4, 0.5) is 11.4 Å². The molecule has 0 aliphatic rings. The van der Waals surface area contributed by atoms with E-state index in [4.69, 9.17) is 17.0 Å². The summed E-state index contributed by atoms with van der Waals surface area (Å²) in [6.07, 6.45) is 0. The second-order valence-corrected chi connectivity index (χ2v) is 2.54. The first-order valence-corrected chi connectivity index (χ1v) is 3.57. The average Bonchev–Trinajstić information content (AvgIpc) is 2.08. The SMILES string of the molecule is N#[N+]Nc1ccc([N+](=O)[O-])cc1Cl. The van der Waals surface area contributed by atoms with Crippen LogP contribution in [-0.2, 0) is 0 Å². The highest BCUT2D eigenvalue weighted by Crippen LogP contribution is 2.26. The maximum Gasteiger partial charge on any atom is 0.308 e. The minimum Gasteiger partial charge on any atom is -0.258 e. The van der Waals surface area contributed by atoms with Gasteiger partial charge >= 0.3 is 5.08 Å². The van der Waals surface area contributed by atoms with Crippen LogP contribution in [-0.4, -0.2) is 4.92 Å². The maximum atomic E-state index is 10.3. The van der Waals surface area contributed by atoms with E-state index in [9.17, 15) is 10.1 Å². The number of nitro benzene ring substituents is 1. The second kappa shape index (κ2) is 3.69. The van der Waals surface area contributed by atoms with E-state index in [0.29, 0.717) is 5.69 Å². The first kappa shape index (κ1) is 9.22. The molecule has 0 aliphatic carbocycles. The minimum absolute atomic E-state index is 0.117. The van der Waals surface area contributed by atoms with E-state index in [-0.39, 0.29) is 10.7 Å². The largest absolute Gasteiger partial charge is 0.308 e. The zero-order valence-corrected chi connectivity index (χ0v) is 7.02. The molecule has 6 nitrogen and oxygen atoms in total. The number of hydrogen-bond donors (Lipinski definition) is 1. The van der Waals surface area contributed by atoms with Gasteiger partial charge in [0.05, 0.1) is 9.95 Å². The molecule has 66 valence electrons. The van der Waals surface area contributed by atoms with Gasteiger partial charge in [0.15, 0.2) is 0 Å². The Hall–Kier alpha value is -1.87. The fraction of sp³-hybridized carbons (Fsp3) is 0. The molecule has 0 heterocycles. The molecule has 0 unspecified atom stereocenters. The van der Waals surface area contributed by atoms with E-state index >= 15 is 0 Å². The summed E-state index contributed by atoms with van der Waals surface area (Å²) in [7, 11) is 0. The number of benzene rings is 1. The van der Waals surface area contributed by atoms with Crippen LogP contribution in [0.1, 0.15) is 0 Å². The van der Waals surface area contributed by atoms with Crippen LogP contribution in [0.25, 0.3) is 5.08 Å². The summed E-state index contributed by atoms with van der Waals surface area (Å²) in [4.78, 5) is 9.71. The molecule has 7 heteroatoms. The molecule has 1 aromatic carbocycles. The molecule has 1 aromatic rings. The summed E-state index contributed by atoms with van der Waals surface area (Å²) in [5.74, 6) is 0. The van der Waals surface area contributed by atoms with Crippen LogP contribution in [0.2, 0.25) is 5.02 Å². The van der Waals surface area contributed by atoms with Crippen LogP contribution in [0.5, 0.6) is 0 Å². The predicted molar refractivity (Wildman–Crippen MR) is 46.8 cm³/mol. The summed E-state index contributed by atoms with van der Waals surface area (Å²) in [6.45, 7) is 0. The van der Waals surface area contributed by atoms with Crippen molar-refractivity contribution in [2.45, 2.75) is 0 Å². The Bertz CT molecular complexity index is 387. The van der Waals surface area contributed by atoms with Gasteiger partial charge in [0.1, 0.15) is 5.69 Å². The molecule has 0 amide bonds. The monoisotopic (exact) mass is 199 g/mol. The van der Waals surface area contributed by atoms with Crippen molar-refractivity contribution in [2.75, 3.05) is 5.43 Å². The molecular formula is C6H4ClN4O2+. The highest BCUT2D eigenvalue weighted by Gasteiger charge is 2.11. The number of nitro groups is 1. The van der Waals surface area contributed by atoms with Crippen molar-refractivity contribution in [1.82, 2.24) is 0 Å². The number of anilines is 1. The lowest BCUT2D eigenvalue weighted by Crippen LogP contribution is -1.90. The fourth-order valence-electron chi connectivity index (χ4n) is 0.762. The van der Waals surface area contributed by atoms with Crippen LogP contribution in [0, 0.1) is 15.5 Å². The lowest BCUT2D eigenvalue weighted by atomic mass is 10.3. The van der Waals surface area contributed by atoms with Crippen molar-refractivity contribution in [3.8, 4) is 0 Å². The van der Waals surface area contributed by atoms with Gasteiger partial charge in [-0.3, -0.25) is 10.1 Å². The van der Waals surface area contributed by atoms with Crippen molar-refractivity contribution in [2.24, 2.45) is 0 Å². The molecule has 0 radical (unpaired) electrons. The topological polar surface area (TPSA) is 83.3 Å². The Balaban J connectivity index is 3.07. The summed E-state index contributed by atoms with van der Waals surface area (Å²) >= 11 is 5.61. The predicted octanol–water partition coefficient (Wildman–Crippen LogP) is 2.43. The molecule has 0 aromatic heterocycles. The third kappa shape index (κ3) is 2.04. The van der Waals surface area contributed by atoms with Gasteiger partial charge in [-0.25, -0.2) is 0 Å². The van der Waals surface area contributed by atoms with Gasteiger partial charge < -0.3 is 0 Å². The molecule has 0 atom stereocenters. The van der Waals surface area contributed by atoms with E-state index in [2.05, 4.69) is 10.5 Å². The second-order valence-electron chi connectivity index (χ2n) is 2.13. The first-order chi connectivity index (χ1) is 6.15. The molecule has 0 bridgehead atoms. The van der Waals surface area contributed by atoms with Gasteiger partial charge in [-0.15, -0.1) is 0 Å². The molecule has 0 spiro atoms. The minimum atomic E-state index is -0.564. The van der Waals surface area contributed by atoms with Gasteiger partial charge in [0.2, 0.25) is 0 Å². The zero-order valence-electron chi connectivity index (χ0n) is 6.27. The first-order valence-electron chi connectivity index (χ1n) is 3.19. The van der Waals surface area contributed by atoms with Crippen molar-refractivity contribution in [3.63, 3.8) is 0 Å². The van der Waals surface area contributed by atoms with E-state index in [0.717, 1.165) is 6.07 Å². The number of diazo groups is 1. The van der Waals surface area contributed by atoms with Crippen LogP contribution < -0.4 is 5.43 Å². The van der Waals surface area contributed by atoms with Crippen molar-refractivity contribution in [3.05, 3.63) is 38.4 Å². The number of non-ortho nitro benzene ring substituents is 1. The summed E-state index contributed by atoms with van der Waals surface area (Å²) in [6, 6.07) is 3.76. The molecule has 0 fully saturated rings. The lowest BCUT2D eigenvalue weighted by Gasteiger charge is -1.94. The van der Waals surface area contributed by atoms with Crippen LogP contribution in [0.15, 0.2) is 18.2 Å². The fourth-order valence-corrected chi connectivity index (χ4v) is 0.979. The number of hydrogen-bond acceptors (Lipinski definition) is 4. The highest BCUT2D eigenvalue weighted by molar-refractivity contribution is 6.33. The molecule has 13 heavy (non-hydrogen) atoms. The Labute approximate surface area is 77.9 Å². The van der Waals surface area contributed by atoms with Gasteiger partial charge in [0, 0.05) is 12.1 Å². The number of nitrogens with one attached hydrogen (secondary N) is 1. The number of nitrogens with zero attached hydrogens (tertiary/aromatic N) is 3. The molecule has 0 saturated carbocycles. The molecule has 0 aliphatic heterocycles. The van der Waals surface area contributed by atoms with E-state index < -0.39 is 4.92 Å². The Kier molecular flexibility index (Phi) is 2.62. The lowest BCUT2D eigenvalue weighted by molar-refractivity contribution is -0.384. The van der Waals surface area contributed by atoms with Gasteiger partial charge in [-0.05, 0) is 11.5 Å². The normalized spacial score (nSPS) is 8.92. The Morgan fingerprint density at radius 3 is 2.77 bits per heavy atom. The van der Waals surface area contributed by atoms with E-state index in [1.807, 2.05) is 0 Å². The Morgan fingerprint density at radius 2 is 2.31 bits per heavy atom. The van der Waals surface area contributed by atoms with Gasteiger partial charge in [0.25, 0.3) is 11.1 Å². The highest BCUT2D eigenvalue weighted by atomic mass is 35.5. The van der Waals surface area contributed by atoms with Gasteiger partial charge in [-0.1, -0.05) is 11.6 Å². The molecular weight excluding hydrogens is 196 g/mol. The zero-order chi connectivity index (χ0) is 9.84. The number of rotatable bonds is 2. The summed E-state index contributed by atoms with van der Waals surface area (Å²) in [5.41, 5.74) is 2.35. The van der Waals surface area contributed by atoms with Gasteiger partial charge in [-0.2, -0.15) is 0 Å². The van der Waals surface area contributed by atoms with E-state index in [1.165, 1.54) is 12.1 Å². The third-order valence-corrected chi connectivity index (χ3v) is 1.65. The molecule has 0 saturated heterocycles. The quantitative estimate of drug-likeness (QED) is 0.450.